The summed E-state index contributed by atoms with van der Waals surface area (Å²) in [6, 6.07) is 15.0. The topological polar surface area (TPSA) is 58.1 Å². The summed E-state index contributed by atoms with van der Waals surface area (Å²) >= 11 is 0. The summed E-state index contributed by atoms with van der Waals surface area (Å²) in [5.74, 6) is 2.43. The van der Waals surface area contributed by atoms with Gasteiger partial charge in [-0.2, -0.15) is 0 Å². The highest BCUT2D eigenvalue weighted by molar-refractivity contribution is 5.79. The number of hydrogen-bond donors (Lipinski definition) is 2. The third-order valence-electron chi connectivity index (χ3n) is 5.83. The van der Waals surface area contributed by atoms with E-state index >= 15 is 0 Å². The van der Waals surface area contributed by atoms with Crippen molar-refractivity contribution >= 4 is 5.96 Å². The molecule has 2 N–H and O–H groups in total. The highest BCUT2D eigenvalue weighted by Gasteiger charge is 2.12. The maximum absolute atomic E-state index is 5.78. The van der Waals surface area contributed by atoms with Crippen molar-refractivity contribution in [3.8, 4) is 11.5 Å². The Morgan fingerprint density at radius 3 is 2.19 bits per heavy atom. The summed E-state index contributed by atoms with van der Waals surface area (Å²) in [5, 5.41) is 6.78. The van der Waals surface area contributed by atoms with Crippen molar-refractivity contribution in [2.24, 2.45) is 4.99 Å². The van der Waals surface area contributed by atoms with Crippen molar-refractivity contribution in [1.82, 2.24) is 15.5 Å². The normalized spacial score (nSPS) is 17.1. The Hall–Kier alpha value is -2.73. The van der Waals surface area contributed by atoms with Crippen molar-refractivity contribution < 1.29 is 9.47 Å². The van der Waals surface area contributed by atoms with Crippen LogP contribution in [0.15, 0.2) is 47.5 Å². The second-order valence-corrected chi connectivity index (χ2v) is 8.26. The predicted octanol–water partition coefficient (Wildman–Crippen LogP) is 3.70. The number of guanidine groups is 1. The molecule has 6 heteroatoms. The Kier molecular flexibility index (Phi) is 7.66. The first kappa shape index (κ1) is 21.5. The molecule has 166 valence electrons. The number of likely N-dealkylation sites (tertiary alicyclic amines) is 1. The summed E-state index contributed by atoms with van der Waals surface area (Å²) in [6.07, 6.45) is 4.96. The zero-order valence-corrected chi connectivity index (χ0v) is 18.5. The van der Waals surface area contributed by atoms with E-state index in [4.69, 9.17) is 9.47 Å². The summed E-state index contributed by atoms with van der Waals surface area (Å²) in [4.78, 5) is 6.91. The van der Waals surface area contributed by atoms with Crippen LogP contribution >= 0.6 is 0 Å². The molecular weight excluding hydrogens is 388 g/mol. The molecule has 6 nitrogen and oxygen atoms in total. The fourth-order valence-electron chi connectivity index (χ4n) is 4.05. The molecule has 0 amide bonds. The van der Waals surface area contributed by atoms with Crippen molar-refractivity contribution in [2.45, 2.75) is 45.3 Å². The lowest BCUT2D eigenvalue weighted by Gasteiger charge is -2.26. The monoisotopic (exact) mass is 422 g/mol. The first-order chi connectivity index (χ1) is 15.3. The molecule has 1 fully saturated rings. The Morgan fingerprint density at radius 1 is 0.806 bits per heavy atom. The van der Waals surface area contributed by atoms with E-state index < -0.39 is 0 Å². The molecule has 1 saturated heterocycles. The minimum absolute atomic E-state index is 0.672. The maximum atomic E-state index is 5.78. The molecular formula is C25H34N4O2. The van der Waals surface area contributed by atoms with Crippen LogP contribution in [0.25, 0.3) is 0 Å². The molecule has 0 unspecified atom stereocenters. The van der Waals surface area contributed by atoms with E-state index in [2.05, 4.69) is 50.9 Å². The lowest BCUT2D eigenvalue weighted by atomic mass is 10.1. The van der Waals surface area contributed by atoms with Crippen LogP contribution < -0.4 is 20.1 Å². The van der Waals surface area contributed by atoms with Gasteiger partial charge < -0.3 is 20.1 Å². The quantitative estimate of drug-likeness (QED) is 0.549. The second-order valence-electron chi connectivity index (χ2n) is 8.26. The number of rotatable bonds is 6. The number of benzene rings is 2. The van der Waals surface area contributed by atoms with Crippen LogP contribution in [0.4, 0.5) is 0 Å². The van der Waals surface area contributed by atoms with Gasteiger partial charge in [0.1, 0.15) is 0 Å². The van der Waals surface area contributed by atoms with Gasteiger partial charge in [0.05, 0.1) is 13.2 Å². The van der Waals surface area contributed by atoms with E-state index in [1.165, 1.54) is 43.5 Å². The summed E-state index contributed by atoms with van der Waals surface area (Å²) in [5.41, 5.74) is 3.78. The van der Waals surface area contributed by atoms with Gasteiger partial charge in [0.15, 0.2) is 17.5 Å². The van der Waals surface area contributed by atoms with Crippen molar-refractivity contribution in [3.63, 3.8) is 0 Å². The standard InChI is InChI=1S/C25H34N4O2/c1-26-25(28-18-22-10-11-23-24(16-22)31-15-5-14-30-23)27-17-20-6-8-21(9-7-20)19-29-12-3-2-4-13-29/h6-11,16H,2-5,12-15,17-19H2,1H3,(H2,26,27,28). The fourth-order valence-corrected chi connectivity index (χ4v) is 4.05. The molecule has 0 aromatic heterocycles. The van der Waals surface area contributed by atoms with Crippen LogP contribution in [0.2, 0.25) is 0 Å². The smallest absolute Gasteiger partial charge is 0.191 e. The predicted molar refractivity (Wildman–Crippen MR) is 125 cm³/mol. The minimum Gasteiger partial charge on any atom is -0.490 e. The van der Waals surface area contributed by atoms with Crippen LogP contribution in [-0.2, 0) is 19.6 Å². The summed E-state index contributed by atoms with van der Waals surface area (Å²) in [7, 11) is 1.80. The van der Waals surface area contributed by atoms with Crippen molar-refractivity contribution in [3.05, 3.63) is 59.2 Å². The molecule has 2 heterocycles. The van der Waals surface area contributed by atoms with Gasteiger partial charge in [-0.25, -0.2) is 0 Å². The first-order valence-corrected chi connectivity index (χ1v) is 11.4. The molecule has 4 rings (SSSR count). The number of aliphatic imine (C=N–C) groups is 1. The molecule has 0 saturated carbocycles. The second kappa shape index (κ2) is 11.0. The molecule has 0 aliphatic carbocycles. The highest BCUT2D eigenvalue weighted by Crippen LogP contribution is 2.30. The van der Waals surface area contributed by atoms with Crippen LogP contribution in [-0.4, -0.2) is 44.2 Å². The number of fused-ring (bicyclic) bond motifs is 1. The van der Waals surface area contributed by atoms with E-state index in [0.717, 1.165) is 42.5 Å². The van der Waals surface area contributed by atoms with Gasteiger partial charge in [0, 0.05) is 33.1 Å². The van der Waals surface area contributed by atoms with E-state index in [1.807, 2.05) is 12.1 Å². The third kappa shape index (κ3) is 6.37. The largest absolute Gasteiger partial charge is 0.490 e. The first-order valence-electron chi connectivity index (χ1n) is 11.4. The molecule has 2 aliphatic rings. The fraction of sp³-hybridized carbons (Fsp3) is 0.480. The molecule has 0 radical (unpaired) electrons. The molecule has 2 aliphatic heterocycles. The van der Waals surface area contributed by atoms with Crippen LogP contribution in [0.1, 0.15) is 42.4 Å². The van der Waals surface area contributed by atoms with Gasteiger partial charge in [0.2, 0.25) is 0 Å². The average molecular weight is 423 g/mol. The molecule has 0 bridgehead atoms. The molecule has 31 heavy (non-hydrogen) atoms. The molecule has 0 spiro atoms. The molecule has 2 aromatic rings. The SMILES string of the molecule is CN=C(NCc1ccc(CN2CCCCC2)cc1)NCc1ccc2c(c1)OCCCO2. The maximum Gasteiger partial charge on any atom is 0.191 e. The third-order valence-corrected chi connectivity index (χ3v) is 5.83. The number of hydrogen-bond acceptors (Lipinski definition) is 4. The van der Waals surface area contributed by atoms with Crippen LogP contribution in [0, 0.1) is 0 Å². The highest BCUT2D eigenvalue weighted by atomic mass is 16.5. The Bertz CT molecular complexity index is 860. The lowest BCUT2D eigenvalue weighted by molar-refractivity contribution is 0.221. The van der Waals surface area contributed by atoms with Gasteiger partial charge in [-0.1, -0.05) is 36.8 Å². The average Bonchev–Trinajstić information content (AvgIpc) is 3.06. The summed E-state index contributed by atoms with van der Waals surface area (Å²) < 4.78 is 11.5. The van der Waals surface area contributed by atoms with Gasteiger partial charge in [-0.05, 0) is 54.8 Å². The van der Waals surface area contributed by atoms with Gasteiger partial charge in [0.25, 0.3) is 0 Å². The van der Waals surface area contributed by atoms with E-state index in [-0.39, 0.29) is 0 Å². The number of nitrogens with zero attached hydrogens (tertiary/aromatic N) is 2. The number of piperidine rings is 1. The lowest BCUT2D eigenvalue weighted by Crippen LogP contribution is -2.36. The van der Waals surface area contributed by atoms with Gasteiger partial charge in [-0.15, -0.1) is 0 Å². The minimum atomic E-state index is 0.672. The Balaban J connectivity index is 1.24. The zero-order chi connectivity index (χ0) is 21.3. The van der Waals surface area contributed by atoms with E-state index in [1.54, 1.807) is 7.05 Å². The van der Waals surface area contributed by atoms with Gasteiger partial charge in [-0.3, -0.25) is 9.89 Å². The van der Waals surface area contributed by atoms with E-state index in [9.17, 15) is 0 Å². The van der Waals surface area contributed by atoms with Crippen LogP contribution in [0.5, 0.6) is 11.5 Å². The zero-order valence-electron chi connectivity index (χ0n) is 18.5. The Labute approximate surface area is 185 Å². The molecule has 0 atom stereocenters. The van der Waals surface area contributed by atoms with E-state index in [0.29, 0.717) is 19.8 Å². The molecule has 2 aromatic carbocycles. The number of nitrogens with one attached hydrogen (secondary N) is 2. The van der Waals surface area contributed by atoms with Gasteiger partial charge >= 0.3 is 0 Å². The van der Waals surface area contributed by atoms with Crippen molar-refractivity contribution in [2.75, 3.05) is 33.4 Å². The Morgan fingerprint density at radius 2 is 1.45 bits per heavy atom. The number of ether oxygens (including phenoxy) is 2. The van der Waals surface area contributed by atoms with Crippen molar-refractivity contribution in [1.29, 1.82) is 0 Å². The summed E-state index contributed by atoms with van der Waals surface area (Å²) in [6.45, 7) is 6.34. The van der Waals surface area contributed by atoms with Crippen LogP contribution in [0.3, 0.4) is 0 Å².